The second-order valence-electron chi connectivity index (χ2n) is 3.55. The maximum atomic E-state index is 12.3. The van der Waals surface area contributed by atoms with E-state index in [1.54, 1.807) is 0 Å². The maximum Gasteiger partial charge on any atom is 0.425 e. The molecule has 1 atom stereocenters. The van der Waals surface area contributed by atoms with Gasteiger partial charge in [-0.15, -0.1) is 0 Å². The third kappa shape index (κ3) is 3.64. The van der Waals surface area contributed by atoms with Crippen LogP contribution in [-0.2, 0) is 0 Å². The van der Waals surface area contributed by atoms with Crippen molar-refractivity contribution in [3.8, 4) is 11.8 Å². The molecule has 0 aromatic carbocycles. The van der Waals surface area contributed by atoms with Crippen molar-refractivity contribution in [2.75, 3.05) is 12.3 Å². The van der Waals surface area contributed by atoms with Crippen LogP contribution < -0.4 is 15.2 Å². The molecule has 0 bridgehead atoms. The standard InChI is InChI=1S/C10H14F3N3O2/c1-3-4-17-8-7(14)9(16-5-15-8)18-6(2)10(11,12)13/h5-6H,3-4,14H2,1-2H3. The summed E-state index contributed by atoms with van der Waals surface area (Å²) >= 11 is 0. The lowest BCUT2D eigenvalue weighted by molar-refractivity contribution is -0.189. The topological polar surface area (TPSA) is 70.3 Å². The van der Waals surface area contributed by atoms with E-state index in [9.17, 15) is 13.2 Å². The van der Waals surface area contributed by atoms with Crippen LogP contribution in [0, 0.1) is 0 Å². The predicted octanol–water partition coefficient (Wildman–Crippen LogP) is 2.18. The van der Waals surface area contributed by atoms with Crippen LogP contribution in [-0.4, -0.2) is 28.9 Å². The number of alkyl halides is 3. The monoisotopic (exact) mass is 265 g/mol. The lowest BCUT2D eigenvalue weighted by Crippen LogP contribution is -2.31. The van der Waals surface area contributed by atoms with Gasteiger partial charge in [-0.25, -0.2) is 0 Å². The molecule has 0 aliphatic heterocycles. The number of nitrogens with zero attached hydrogens (tertiary/aromatic N) is 2. The fourth-order valence-electron chi connectivity index (χ4n) is 1.01. The number of nitrogens with two attached hydrogens (primary N) is 1. The molecule has 0 aliphatic carbocycles. The first-order valence-electron chi connectivity index (χ1n) is 5.32. The van der Waals surface area contributed by atoms with Crippen molar-refractivity contribution in [1.29, 1.82) is 0 Å². The van der Waals surface area contributed by atoms with Gasteiger partial charge >= 0.3 is 6.18 Å². The first-order chi connectivity index (χ1) is 8.36. The van der Waals surface area contributed by atoms with Gasteiger partial charge in [0.15, 0.2) is 11.8 Å². The maximum absolute atomic E-state index is 12.3. The third-order valence-corrected chi connectivity index (χ3v) is 2.00. The molecule has 2 N–H and O–H groups in total. The average Bonchev–Trinajstić information content (AvgIpc) is 2.29. The molecule has 0 saturated heterocycles. The normalized spacial score (nSPS) is 13.2. The summed E-state index contributed by atoms with van der Waals surface area (Å²) in [6.45, 7) is 3.10. The number of ether oxygens (including phenoxy) is 2. The lowest BCUT2D eigenvalue weighted by Gasteiger charge is -2.18. The summed E-state index contributed by atoms with van der Waals surface area (Å²) in [5.41, 5.74) is 5.44. The Balaban J connectivity index is 2.84. The largest absolute Gasteiger partial charge is 0.476 e. The second kappa shape index (κ2) is 5.74. The van der Waals surface area contributed by atoms with Crippen LogP contribution in [0.3, 0.4) is 0 Å². The Labute approximate surface area is 102 Å². The van der Waals surface area contributed by atoms with Crippen LogP contribution in [0.4, 0.5) is 18.9 Å². The molecule has 1 heterocycles. The van der Waals surface area contributed by atoms with Gasteiger partial charge in [-0.1, -0.05) is 6.92 Å². The van der Waals surface area contributed by atoms with E-state index in [1.165, 1.54) is 0 Å². The fraction of sp³-hybridized carbons (Fsp3) is 0.600. The minimum Gasteiger partial charge on any atom is -0.476 e. The SMILES string of the molecule is CCCOc1ncnc(OC(C)C(F)(F)F)c1N. The summed E-state index contributed by atoms with van der Waals surface area (Å²) in [6.07, 6.45) is -4.73. The Morgan fingerprint density at radius 3 is 2.50 bits per heavy atom. The number of halogens is 3. The summed E-state index contributed by atoms with van der Waals surface area (Å²) in [7, 11) is 0. The summed E-state index contributed by atoms with van der Waals surface area (Å²) in [6, 6.07) is 0. The Bertz CT molecular complexity index is 398. The Hall–Kier alpha value is -1.73. The predicted molar refractivity (Wildman–Crippen MR) is 58.4 cm³/mol. The third-order valence-electron chi connectivity index (χ3n) is 2.00. The number of nitrogen functional groups attached to an aromatic ring is 1. The van der Waals surface area contributed by atoms with E-state index in [-0.39, 0.29) is 17.4 Å². The van der Waals surface area contributed by atoms with Crippen LogP contribution >= 0.6 is 0 Å². The van der Waals surface area contributed by atoms with Gasteiger partial charge in [0, 0.05) is 0 Å². The van der Waals surface area contributed by atoms with E-state index in [4.69, 9.17) is 10.5 Å². The number of hydrogen-bond donors (Lipinski definition) is 1. The molecule has 0 spiro atoms. The smallest absolute Gasteiger partial charge is 0.425 e. The second-order valence-corrected chi connectivity index (χ2v) is 3.55. The Morgan fingerprint density at radius 2 is 1.94 bits per heavy atom. The van der Waals surface area contributed by atoms with E-state index in [0.29, 0.717) is 6.61 Å². The van der Waals surface area contributed by atoms with Crippen molar-refractivity contribution in [2.24, 2.45) is 0 Å². The highest BCUT2D eigenvalue weighted by atomic mass is 19.4. The van der Waals surface area contributed by atoms with Crippen LogP contribution in [0.25, 0.3) is 0 Å². The lowest BCUT2D eigenvalue weighted by atomic mass is 10.4. The quantitative estimate of drug-likeness (QED) is 0.883. The molecule has 102 valence electrons. The summed E-state index contributed by atoms with van der Waals surface area (Å²) in [5.74, 6) is -0.308. The molecular formula is C10H14F3N3O2. The van der Waals surface area contributed by atoms with Gasteiger partial charge in [-0.3, -0.25) is 0 Å². The van der Waals surface area contributed by atoms with Crippen molar-refractivity contribution < 1.29 is 22.6 Å². The Kier molecular flexibility index (Phi) is 4.57. The number of aromatic nitrogens is 2. The molecular weight excluding hydrogens is 251 g/mol. The van der Waals surface area contributed by atoms with Gasteiger partial charge < -0.3 is 15.2 Å². The Morgan fingerprint density at radius 1 is 1.33 bits per heavy atom. The molecule has 0 aliphatic rings. The highest BCUT2D eigenvalue weighted by molar-refractivity contribution is 5.55. The minimum absolute atomic E-state index is 0.0243. The molecule has 0 amide bonds. The van der Waals surface area contributed by atoms with Gasteiger partial charge in [-0.05, 0) is 13.3 Å². The van der Waals surface area contributed by atoms with Gasteiger partial charge in [0.25, 0.3) is 0 Å². The highest BCUT2D eigenvalue weighted by Gasteiger charge is 2.38. The van der Waals surface area contributed by atoms with Crippen molar-refractivity contribution in [3.05, 3.63) is 6.33 Å². The molecule has 0 saturated carbocycles. The van der Waals surface area contributed by atoms with E-state index < -0.39 is 12.3 Å². The van der Waals surface area contributed by atoms with Gasteiger partial charge in [0.2, 0.25) is 11.8 Å². The highest BCUT2D eigenvalue weighted by Crippen LogP contribution is 2.30. The molecule has 18 heavy (non-hydrogen) atoms. The molecule has 5 nitrogen and oxygen atoms in total. The van der Waals surface area contributed by atoms with Crippen molar-refractivity contribution >= 4 is 5.69 Å². The van der Waals surface area contributed by atoms with E-state index in [1.807, 2.05) is 6.92 Å². The van der Waals surface area contributed by atoms with E-state index >= 15 is 0 Å². The number of rotatable bonds is 5. The fourth-order valence-corrected chi connectivity index (χ4v) is 1.01. The minimum atomic E-state index is -4.48. The van der Waals surface area contributed by atoms with E-state index in [0.717, 1.165) is 19.7 Å². The zero-order valence-electron chi connectivity index (χ0n) is 9.99. The average molecular weight is 265 g/mol. The number of anilines is 1. The number of hydrogen-bond acceptors (Lipinski definition) is 5. The van der Waals surface area contributed by atoms with Gasteiger partial charge in [0.05, 0.1) is 6.61 Å². The van der Waals surface area contributed by atoms with Crippen molar-refractivity contribution in [2.45, 2.75) is 32.5 Å². The first kappa shape index (κ1) is 14.3. The summed E-state index contributed by atoms with van der Waals surface area (Å²) in [4.78, 5) is 7.29. The van der Waals surface area contributed by atoms with Crippen LogP contribution in [0.5, 0.6) is 11.8 Å². The van der Waals surface area contributed by atoms with E-state index in [2.05, 4.69) is 14.7 Å². The molecule has 0 fully saturated rings. The van der Waals surface area contributed by atoms with Crippen LogP contribution in [0.15, 0.2) is 6.33 Å². The van der Waals surface area contributed by atoms with Crippen molar-refractivity contribution in [3.63, 3.8) is 0 Å². The summed E-state index contributed by atoms with van der Waals surface area (Å²) < 4.78 is 46.8. The molecule has 0 radical (unpaired) electrons. The van der Waals surface area contributed by atoms with Crippen molar-refractivity contribution in [1.82, 2.24) is 9.97 Å². The van der Waals surface area contributed by atoms with Gasteiger partial charge in [0.1, 0.15) is 6.33 Å². The molecule has 1 aromatic rings. The molecule has 1 rings (SSSR count). The molecule has 8 heteroatoms. The molecule has 1 aromatic heterocycles. The molecule has 1 unspecified atom stereocenters. The summed E-state index contributed by atoms with van der Waals surface area (Å²) in [5, 5.41) is 0. The first-order valence-corrected chi connectivity index (χ1v) is 5.32. The zero-order valence-corrected chi connectivity index (χ0v) is 9.99. The zero-order chi connectivity index (χ0) is 13.8. The van der Waals surface area contributed by atoms with Gasteiger partial charge in [-0.2, -0.15) is 23.1 Å². The van der Waals surface area contributed by atoms with Crippen LogP contribution in [0.2, 0.25) is 0 Å². The van der Waals surface area contributed by atoms with Crippen LogP contribution in [0.1, 0.15) is 20.3 Å².